The zero-order valence-electron chi connectivity index (χ0n) is 14.8. The molecule has 6 heteroatoms. The molecule has 3 aromatic rings. The van der Waals surface area contributed by atoms with E-state index in [4.69, 9.17) is 9.84 Å². The molecule has 1 fully saturated rings. The molecule has 1 aliphatic rings. The van der Waals surface area contributed by atoms with Crippen LogP contribution in [0.1, 0.15) is 31.4 Å². The van der Waals surface area contributed by atoms with Crippen molar-refractivity contribution < 1.29 is 4.74 Å². The summed E-state index contributed by atoms with van der Waals surface area (Å²) in [5, 5.41) is 4.75. The van der Waals surface area contributed by atoms with Crippen LogP contribution >= 0.6 is 0 Å². The van der Waals surface area contributed by atoms with Crippen LogP contribution in [0.15, 0.2) is 30.3 Å². The van der Waals surface area contributed by atoms with E-state index in [-0.39, 0.29) is 0 Å². The van der Waals surface area contributed by atoms with Crippen LogP contribution in [0.2, 0.25) is 0 Å². The number of fused-ring (bicyclic) bond motifs is 1. The number of rotatable bonds is 3. The molecule has 4 rings (SSSR count). The number of methoxy groups -OCH3 is 1. The largest absolute Gasteiger partial charge is 0.497 e. The second kappa shape index (κ2) is 6.70. The van der Waals surface area contributed by atoms with Gasteiger partial charge in [-0.3, -0.25) is 0 Å². The van der Waals surface area contributed by atoms with Crippen molar-refractivity contribution in [1.29, 1.82) is 0 Å². The van der Waals surface area contributed by atoms with E-state index in [1.807, 2.05) is 35.7 Å². The molecule has 0 radical (unpaired) electrons. The zero-order chi connectivity index (χ0) is 17.2. The van der Waals surface area contributed by atoms with Crippen molar-refractivity contribution in [2.45, 2.75) is 32.6 Å². The average Bonchev–Trinajstić information content (AvgIpc) is 2.87. The lowest BCUT2D eigenvalue weighted by molar-refractivity contribution is 0.415. The van der Waals surface area contributed by atoms with Gasteiger partial charge in [-0.25, -0.2) is 4.98 Å². The maximum Gasteiger partial charge on any atom is 0.254 e. The van der Waals surface area contributed by atoms with Crippen LogP contribution in [0, 0.1) is 6.92 Å². The lowest BCUT2D eigenvalue weighted by Gasteiger charge is -2.22. The summed E-state index contributed by atoms with van der Waals surface area (Å²) in [5.74, 6) is 3.27. The molecule has 0 amide bonds. The van der Waals surface area contributed by atoms with Crippen LogP contribution in [0.25, 0.3) is 17.2 Å². The van der Waals surface area contributed by atoms with Gasteiger partial charge in [0.1, 0.15) is 11.6 Å². The lowest BCUT2D eigenvalue weighted by Crippen LogP contribution is -2.26. The molecule has 0 saturated carbocycles. The Balaban J connectivity index is 1.77. The molecule has 0 unspecified atom stereocenters. The van der Waals surface area contributed by atoms with Gasteiger partial charge in [0.2, 0.25) is 0 Å². The van der Waals surface area contributed by atoms with Crippen LogP contribution < -0.4 is 9.64 Å². The summed E-state index contributed by atoms with van der Waals surface area (Å²) < 4.78 is 7.11. The minimum Gasteiger partial charge on any atom is -0.497 e. The molecular weight excluding hydrogens is 314 g/mol. The number of anilines is 1. The predicted octanol–water partition coefficient (Wildman–Crippen LogP) is 3.49. The van der Waals surface area contributed by atoms with Gasteiger partial charge in [-0.1, -0.05) is 12.8 Å². The Morgan fingerprint density at radius 1 is 0.960 bits per heavy atom. The molecule has 0 aliphatic carbocycles. The Morgan fingerprint density at radius 3 is 2.36 bits per heavy atom. The second-order valence-corrected chi connectivity index (χ2v) is 6.53. The van der Waals surface area contributed by atoms with Crippen molar-refractivity contribution in [2.75, 3.05) is 25.1 Å². The van der Waals surface area contributed by atoms with Gasteiger partial charge in [0.25, 0.3) is 5.78 Å². The number of nitrogens with zero attached hydrogens (tertiary/aromatic N) is 5. The van der Waals surface area contributed by atoms with E-state index in [0.29, 0.717) is 11.6 Å². The number of ether oxygens (including phenoxy) is 1. The molecule has 130 valence electrons. The van der Waals surface area contributed by atoms with Crippen LogP contribution in [0.3, 0.4) is 0 Å². The molecule has 1 aliphatic heterocycles. The van der Waals surface area contributed by atoms with Crippen molar-refractivity contribution in [3.8, 4) is 17.1 Å². The fourth-order valence-electron chi connectivity index (χ4n) is 3.36. The van der Waals surface area contributed by atoms with Gasteiger partial charge >= 0.3 is 0 Å². The molecule has 25 heavy (non-hydrogen) atoms. The summed E-state index contributed by atoms with van der Waals surface area (Å²) in [4.78, 5) is 11.6. The molecule has 0 N–H and O–H groups in total. The Bertz CT molecular complexity index is 863. The third-order valence-corrected chi connectivity index (χ3v) is 4.70. The predicted molar refractivity (Wildman–Crippen MR) is 98.2 cm³/mol. The van der Waals surface area contributed by atoms with Crippen LogP contribution in [-0.4, -0.2) is 39.8 Å². The van der Waals surface area contributed by atoms with Crippen LogP contribution in [-0.2, 0) is 0 Å². The summed E-state index contributed by atoms with van der Waals surface area (Å²) in [5.41, 5.74) is 1.94. The van der Waals surface area contributed by atoms with Gasteiger partial charge in [0.05, 0.1) is 7.11 Å². The lowest BCUT2D eigenvalue weighted by atomic mass is 10.2. The van der Waals surface area contributed by atoms with E-state index in [1.165, 1.54) is 25.7 Å². The molecular formula is C19H23N5O. The van der Waals surface area contributed by atoms with Crippen molar-refractivity contribution >= 4 is 11.6 Å². The standard InChI is InChI=1S/C19H23N5O/c1-14-13-17(23-11-5-3-4-6-12-23)24-19(20-14)21-18(22-24)15-7-9-16(25-2)10-8-15/h7-10,13H,3-6,11-12H2,1-2H3. The van der Waals surface area contributed by atoms with E-state index >= 15 is 0 Å². The summed E-state index contributed by atoms with van der Waals surface area (Å²) in [7, 11) is 1.67. The molecule has 0 bridgehead atoms. The molecule has 0 spiro atoms. The van der Waals surface area contributed by atoms with Crippen molar-refractivity contribution in [3.63, 3.8) is 0 Å². The van der Waals surface area contributed by atoms with Gasteiger partial charge in [-0.05, 0) is 44.0 Å². The van der Waals surface area contributed by atoms with E-state index in [1.54, 1.807) is 7.11 Å². The molecule has 2 aromatic heterocycles. The first-order chi connectivity index (χ1) is 12.2. The van der Waals surface area contributed by atoms with Crippen molar-refractivity contribution in [1.82, 2.24) is 19.6 Å². The minimum absolute atomic E-state index is 0.657. The van der Waals surface area contributed by atoms with Crippen LogP contribution in [0.5, 0.6) is 5.75 Å². The Kier molecular flexibility index (Phi) is 4.26. The second-order valence-electron chi connectivity index (χ2n) is 6.53. The van der Waals surface area contributed by atoms with E-state index in [2.05, 4.69) is 20.9 Å². The van der Waals surface area contributed by atoms with Gasteiger partial charge < -0.3 is 9.64 Å². The van der Waals surface area contributed by atoms with E-state index < -0.39 is 0 Å². The van der Waals surface area contributed by atoms with Crippen LogP contribution in [0.4, 0.5) is 5.82 Å². The number of aromatic nitrogens is 4. The fraction of sp³-hybridized carbons (Fsp3) is 0.421. The number of benzene rings is 1. The molecule has 1 aromatic carbocycles. The van der Waals surface area contributed by atoms with Crippen molar-refractivity contribution in [3.05, 3.63) is 36.0 Å². The van der Waals surface area contributed by atoms with Gasteiger partial charge in [-0.2, -0.15) is 9.50 Å². The summed E-state index contributed by atoms with van der Waals surface area (Å²) in [6.07, 6.45) is 5.06. The SMILES string of the molecule is COc1ccc(-c2nc3nc(C)cc(N4CCCCCC4)n3n2)cc1. The zero-order valence-corrected chi connectivity index (χ0v) is 14.8. The fourth-order valence-corrected chi connectivity index (χ4v) is 3.36. The third kappa shape index (κ3) is 3.16. The monoisotopic (exact) mass is 337 g/mol. The van der Waals surface area contributed by atoms with E-state index in [0.717, 1.165) is 35.9 Å². The van der Waals surface area contributed by atoms with E-state index in [9.17, 15) is 0 Å². The Morgan fingerprint density at radius 2 is 1.68 bits per heavy atom. The molecule has 6 nitrogen and oxygen atoms in total. The number of hydrogen-bond donors (Lipinski definition) is 0. The smallest absolute Gasteiger partial charge is 0.254 e. The summed E-state index contributed by atoms with van der Waals surface area (Å²) >= 11 is 0. The quantitative estimate of drug-likeness (QED) is 0.732. The first-order valence-corrected chi connectivity index (χ1v) is 8.88. The number of hydrogen-bond acceptors (Lipinski definition) is 5. The first kappa shape index (κ1) is 15.9. The van der Waals surface area contributed by atoms with Gasteiger partial charge in [0.15, 0.2) is 5.82 Å². The Hall–Kier alpha value is -2.63. The average molecular weight is 337 g/mol. The highest BCUT2D eigenvalue weighted by molar-refractivity contribution is 5.60. The first-order valence-electron chi connectivity index (χ1n) is 8.88. The molecule has 3 heterocycles. The summed E-state index contributed by atoms with van der Waals surface area (Å²) in [6, 6.07) is 9.92. The van der Waals surface area contributed by atoms with Gasteiger partial charge in [-0.15, -0.1) is 5.10 Å². The highest BCUT2D eigenvalue weighted by atomic mass is 16.5. The highest BCUT2D eigenvalue weighted by Gasteiger charge is 2.17. The minimum atomic E-state index is 0.657. The maximum atomic E-state index is 5.22. The topological polar surface area (TPSA) is 55.6 Å². The van der Waals surface area contributed by atoms with Crippen molar-refractivity contribution in [2.24, 2.45) is 0 Å². The third-order valence-electron chi connectivity index (χ3n) is 4.70. The normalized spacial score (nSPS) is 15.4. The number of aryl methyl sites for hydroxylation is 1. The molecule has 1 saturated heterocycles. The maximum absolute atomic E-state index is 5.22. The molecule has 0 atom stereocenters. The highest BCUT2D eigenvalue weighted by Crippen LogP contribution is 2.24. The Labute approximate surface area is 147 Å². The summed E-state index contributed by atoms with van der Waals surface area (Å²) in [6.45, 7) is 4.15. The van der Waals surface area contributed by atoms with Gasteiger partial charge in [0, 0.05) is 30.4 Å².